The molecule has 116 valence electrons. The van der Waals surface area contributed by atoms with Crippen LogP contribution in [-0.2, 0) is 11.2 Å². The SMILES string of the molecule is CN(C)CC1CN(C(=O)Cc2csc(-c3ccccc3)n2)C1. The van der Waals surface area contributed by atoms with E-state index >= 15 is 0 Å². The molecule has 0 radical (unpaired) electrons. The Morgan fingerprint density at radius 1 is 1.32 bits per heavy atom. The molecule has 1 aliphatic rings. The molecule has 4 nitrogen and oxygen atoms in total. The molecule has 22 heavy (non-hydrogen) atoms. The minimum Gasteiger partial charge on any atom is -0.342 e. The van der Waals surface area contributed by atoms with Crippen molar-refractivity contribution in [2.24, 2.45) is 5.92 Å². The molecule has 0 N–H and O–H groups in total. The number of amides is 1. The van der Waals surface area contributed by atoms with Crippen molar-refractivity contribution in [3.8, 4) is 10.6 Å². The highest BCUT2D eigenvalue weighted by Gasteiger charge is 2.30. The molecule has 0 atom stereocenters. The summed E-state index contributed by atoms with van der Waals surface area (Å²) in [7, 11) is 4.15. The Morgan fingerprint density at radius 3 is 2.73 bits per heavy atom. The van der Waals surface area contributed by atoms with E-state index in [9.17, 15) is 4.79 Å². The number of rotatable bonds is 5. The van der Waals surface area contributed by atoms with E-state index in [0.717, 1.165) is 35.9 Å². The summed E-state index contributed by atoms with van der Waals surface area (Å²) in [6.07, 6.45) is 0.415. The predicted octanol–water partition coefficient (Wildman–Crippen LogP) is 2.37. The van der Waals surface area contributed by atoms with Crippen molar-refractivity contribution in [2.45, 2.75) is 6.42 Å². The van der Waals surface area contributed by atoms with E-state index in [-0.39, 0.29) is 5.91 Å². The highest BCUT2D eigenvalue weighted by Crippen LogP contribution is 2.24. The second-order valence-electron chi connectivity index (χ2n) is 6.11. The topological polar surface area (TPSA) is 36.4 Å². The molecule has 0 spiro atoms. The van der Waals surface area contributed by atoms with Crippen molar-refractivity contribution in [3.63, 3.8) is 0 Å². The van der Waals surface area contributed by atoms with Gasteiger partial charge in [0.1, 0.15) is 5.01 Å². The molecular weight excluding hydrogens is 294 g/mol. The number of benzene rings is 1. The monoisotopic (exact) mass is 315 g/mol. The molecule has 2 aromatic rings. The molecule has 3 rings (SSSR count). The van der Waals surface area contributed by atoms with Crippen molar-refractivity contribution >= 4 is 17.2 Å². The van der Waals surface area contributed by atoms with Gasteiger partial charge in [-0.3, -0.25) is 4.79 Å². The van der Waals surface area contributed by atoms with Crippen molar-refractivity contribution in [3.05, 3.63) is 41.4 Å². The number of thiazole rings is 1. The zero-order chi connectivity index (χ0) is 15.5. The Labute approximate surface area is 135 Å². The Hall–Kier alpha value is -1.72. The van der Waals surface area contributed by atoms with Crippen LogP contribution in [-0.4, -0.2) is 54.4 Å². The standard InChI is InChI=1S/C17H21N3OS/c1-19(2)9-13-10-20(11-13)16(21)8-15-12-22-17(18-15)14-6-4-3-5-7-14/h3-7,12-13H,8-11H2,1-2H3. The third-order valence-corrected chi connectivity index (χ3v) is 4.78. The number of carbonyl (C=O) groups is 1. The molecule has 1 aromatic heterocycles. The van der Waals surface area contributed by atoms with Crippen molar-refractivity contribution < 1.29 is 4.79 Å². The maximum Gasteiger partial charge on any atom is 0.228 e. The first kappa shape index (κ1) is 15.2. The Bertz CT molecular complexity index is 632. The molecular formula is C17H21N3OS. The summed E-state index contributed by atoms with van der Waals surface area (Å²) in [6.45, 7) is 2.82. The predicted molar refractivity (Wildman–Crippen MR) is 89.9 cm³/mol. The average molecular weight is 315 g/mol. The first-order valence-corrected chi connectivity index (χ1v) is 8.42. The van der Waals surface area contributed by atoms with Crippen LogP contribution in [0.25, 0.3) is 10.6 Å². The van der Waals surface area contributed by atoms with Gasteiger partial charge in [0.15, 0.2) is 0 Å². The smallest absolute Gasteiger partial charge is 0.228 e. The van der Waals surface area contributed by atoms with E-state index in [0.29, 0.717) is 12.3 Å². The van der Waals surface area contributed by atoms with Crippen LogP contribution in [0.2, 0.25) is 0 Å². The fourth-order valence-corrected chi connectivity index (χ4v) is 3.60. The second-order valence-corrected chi connectivity index (χ2v) is 6.97. The van der Waals surface area contributed by atoms with E-state index in [4.69, 9.17) is 0 Å². The van der Waals surface area contributed by atoms with Crippen molar-refractivity contribution in [2.75, 3.05) is 33.7 Å². The normalized spacial score (nSPS) is 15.1. The van der Waals surface area contributed by atoms with Gasteiger partial charge >= 0.3 is 0 Å². The number of hydrogen-bond acceptors (Lipinski definition) is 4. The van der Waals surface area contributed by atoms with Crippen LogP contribution in [0.5, 0.6) is 0 Å². The van der Waals surface area contributed by atoms with Gasteiger partial charge in [-0.05, 0) is 14.1 Å². The maximum absolute atomic E-state index is 12.2. The van der Waals surface area contributed by atoms with Crippen molar-refractivity contribution in [1.29, 1.82) is 0 Å². The number of nitrogens with zero attached hydrogens (tertiary/aromatic N) is 3. The molecule has 5 heteroatoms. The molecule has 0 unspecified atom stereocenters. The van der Waals surface area contributed by atoms with Gasteiger partial charge < -0.3 is 9.80 Å². The quantitative estimate of drug-likeness (QED) is 0.850. The summed E-state index contributed by atoms with van der Waals surface area (Å²) in [6, 6.07) is 10.1. The number of hydrogen-bond donors (Lipinski definition) is 0. The zero-order valence-electron chi connectivity index (χ0n) is 13.0. The van der Waals surface area contributed by atoms with Crippen LogP contribution < -0.4 is 0 Å². The van der Waals surface area contributed by atoms with Crippen LogP contribution in [0.1, 0.15) is 5.69 Å². The summed E-state index contributed by atoms with van der Waals surface area (Å²) >= 11 is 1.60. The largest absolute Gasteiger partial charge is 0.342 e. The van der Waals surface area contributed by atoms with E-state index in [1.165, 1.54) is 0 Å². The molecule has 1 saturated heterocycles. The summed E-state index contributed by atoms with van der Waals surface area (Å²) in [5, 5.41) is 2.98. The molecule has 0 bridgehead atoms. The van der Waals surface area contributed by atoms with Gasteiger partial charge in [-0.2, -0.15) is 0 Å². The number of carbonyl (C=O) groups excluding carboxylic acids is 1. The Kier molecular flexibility index (Phi) is 4.55. The fourth-order valence-electron chi connectivity index (χ4n) is 2.77. The molecule has 1 amide bonds. The lowest BCUT2D eigenvalue weighted by atomic mass is 9.99. The van der Waals surface area contributed by atoms with Crippen LogP contribution in [0, 0.1) is 5.92 Å². The van der Waals surface area contributed by atoms with Crippen LogP contribution >= 0.6 is 11.3 Å². The average Bonchev–Trinajstić information content (AvgIpc) is 2.91. The van der Waals surface area contributed by atoms with Gasteiger partial charge in [-0.15, -0.1) is 11.3 Å². The molecule has 0 saturated carbocycles. The van der Waals surface area contributed by atoms with Gasteiger partial charge in [0.25, 0.3) is 0 Å². The lowest BCUT2D eigenvalue weighted by molar-refractivity contribution is -0.137. The third-order valence-electron chi connectivity index (χ3n) is 3.84. The summed E-state index contributed by atoms with van der Waals surface area (Å²) in [4.78, 5) is 21.0. The second kappa shape index (κ2) is 6.58. The van der Waals surface area contributed by atoms with Crippen molar-refractivity contribution in [1.82, 2.24) is 14.8 Å². The van der Waals surface area contributed by atoms with Crippen LogP contribution in [0.3, 0.4) is 0 Å². The van der Waals surface area contributed by atoms with Gasteiger partial charge in [0.2, 0.25) is 5.91 Å². The zero-order valence-corrected chi connectivity index (χ0v) is 13.8. The first-order valence-electron chi connectivity index (χ1n) is 7.54. The van der Waals surface area contributed by atoms with Crippen LogP contribution in [0.15, 0.2) is 35.7 Å². The van der Waals surface area contributed by atoms with Gasteiger partial charge in [0, 0.05) is 36.5 Å². The van der Waals surface area contributed by atoms with Crippen LogP contribution in [0.4, 0.5) is 0 Å². The molecule has 1 aromatic carbocycles. The number of likely N-dealkylation sites (tertiary alicyclic amines) is 1. The fraction of sp³-hybridized carbons (Fsp3) is 0.412. The van der Waals surface area contributed by atoms with E-state index in [1.54, 1.807) is 11.3 Å². The molecule has 1 aliphatic heterocycles. The third kappa shape index (κ3) is 3.54. The summed E-state index contributed by atoms with van der Waals surface area (Å²) < 4.78 is 0. The van der Waals surface area contributed by atoms with Gasteiger partial charge in [0.05, 0.1) is 12.1 Å². The highest BCUT2D eigenvalue weighted by atomic mass is 32.1. The van der Waals surface area contributed by atoms with E-state index < -0.39 is 0 Å². The Balaban J connectivity index is 1.54. The lowest BCUT2D eigenvalue weighted by Crippen LogP contribution is -2.53. The first-order chi connectivity index (χ1) is 10.6. The van der Waals surface area contributed by atoms with Gasteiger partial charge in [-0.1, -0.05) is 30.3 Å². The maximum atomic E-state index is 12.2. The minimum absolute atomic E-state index is 0.194. The number of aromatic nitrogens is 1. The molecule has 2 heterocycles. The molecule has 1 fully saturated rings. The lowest BCUT2D eigenvalue weighted by Gasteiger charge is -2.40. The minimum atomic E-state index is 0.194. The van der Waals surface area contributed by atoms with E-state index in [1.807, 2.05) is 40.6 Å². The summed E-state index contributed by atoms with van der Waals surface area (Å²) in [5.74, 6) is 0.814. The molecule has 0 aliphatic carbocycles. The van der Waals surface area contributed by atoms with Gasteiger partial charge in [-0.25, -0.2) is 4.98 Å². The van der Waals surface area contributed by atoms with E-state index in [2.05, 4.69) is 24.0 Å². The summed E-state index contributed by atoms with van der Waals surface area (Å²) in [5.41, 5.74) is 1.99. The highest BCUT2D eigenvalue weighted by molar-refractivity contribution is 7.13. The Morgan fingerprint density at radius 2 is 2.05 bits per heavy atom.